The highest BCUT2D eigenvalue weighted by molar-refractivity contribution is 5.69. The Morgan fingerprint density at radius 2 is 2.18 bits per heavy atom. The van der Waals surface area contributed by atoms with Crippen LogP contribution in [0.15, 0.2) is 18.2 Å². The van der Waals surface area contributed by atoms with Crippen molar-refractivity contribution in [1.29, 1.82) is 0 Å². The van der Waals surface area contributed by atoms with Gasteiger partial charge >= 0.3 is 0 Å². The molecule has 94 valence electrons. The highest BCUT2D eigenvalue weighted by Crippen LogP contribution is 2.27. The Labute approximate surface area is 103 Å². The normalized spacial score (nSPS) is 20.5. The van der Waals surface area contributed by atoms with Crippen LogP contribution in [0.2, 0.25) is 0 Å². The van der Waals surface area contributed by atoms with E-state index >= 15 is 0 Å². The summed E-state index contributed by atoms with van der Waals surface area (Å²) < 4.78 is 5.24. The second kappa shape index (κ2) is 5.27. The first kappa shape index (κ1) is 12.0. The molecule has 2 rings (SSSR count). The van der Waals surface area contributed by atoms with Gasteiger partial charge in [-0.15, -0.1) is 0 Å². The van der Waals surface area contributed by atoms with Crippen molar-refractivity contribution in [2.24, 2.45) is 5.92 Å². The molecule has 0 aliphatic carbocycles. The van der Waals surface area contributed by atoms with Gasteiger partial charge in [-0.1, -0.05) is 0 Å². The van der Waals surface area contributed by atoms with E-state index < -0.39 is 0 Å². The zero-order valence-electron chi connectivity index (χ0n) is 10.4. The first-order valence-corrected chi connectivity index (χ1v) is 6.09. The minimum absolute atomic E-state index is 0.618. The summed E-state index contributed by atoms with van der Waals surface area (Å²) in [4.78, 5) is 2.36. The summed E-state index contributed by atoms with van der Waals surface area (Å²) in [5.74, 6) is 0.618. The molecule has 0 saturated carbocycles. The minimum atomic E-state index is 0.618. The molecule has 0 radical (unpaired) electrons. The molecule has 17 heavy (non-hydrogen) atoms. The fraction of sp³-hybridized carbons (Fsp3) is 0.538. The number of hydrogen-bond acceptors (Lipinski definition) is 4. The third-order valence-corrected chi connectivity index (χ3v) is 3.36. The van der Waals surface area contributed by atoms with E-state index in [4.69, 9.17) is 16.2 Å². The summed E-state index contributed by atoms with van der Waals surface area (Å²) in [5.41, 5.74) is 14.1. The van der Waals surface area contributed by atoms with Gasteiger partial charge in [0.2, 0.25) is 0 Å². The Morgan fingerprint density at radius 3 is 2.88 bits per heavy atom. The van der Waals surface area contributed by atoms with Gasteiger partial charge in [0, 0.05) is 25.9 Å². The fourth-order valence-corrected chi connectivity index (χ4v) is 2.43. The molecule has 1 saturated heterocycles. The van der Waals surface area contributed by atoms with Crippen LogP contribution in [0.3, 0.4) is 0 Å². The average Bonchev–Trinajstić information content (AvgIpc) is 2.33. The van der Waals surface area contributed by atoms with Crippen LogP contribution in [0, 0.1) is 5.92 Å². The number of piperidine rings is 1. The third kappa shape index (κ3) is 2.82. The van der Waals surface area contributed by atoms with Crippen LogP contribution in [-0.4, -0.2) is 26.8 Å². The maximum atomic E-state index is 5.84. The molecule has 1 heterocycles. The van der Waals surface area contributed by atoms with Crippen molar-refractivity contribution in [3.05, 3.63) is 18.2 Å². The van der Waals surface area contributed by atoms with Crippen LogP contribution in [0.5, 0.6) is 0 Å². The second-order valence-corrected chi connectivity index (χ2v) is 4.72. The van der Waals surface area contributed by atoms with Gasteiger partial charge in [0.15, 0.2) is 0 Å². The topological polar surface area (TPSA) is 64.5 Å². The lowest BCUT2D eigenvalue weighted by Crippen LogP contribution is -2.37. The summed E-state index contributed by atoms with van der Waals surface area (Å²) in [7, 11) is 1.76. The molecule has 0 spiro atoms. The predicted molar refractivity (Wildman–Crippen MR) is 72.1 cm³/mol. The van der Waals surface area contributed by atoms with E-state index in [-0.39, 0.29) is 0 Å². The summed E-state index contributed by atoms with van der Waals surface area (Å²) >= 11 is 0. The average molecular weight is 235 g/mol. The molecule has 4 nitrogen and oxygen atoms in total. The highest BCUT2D eigenvalue weighted by atomic mass is 16.5. The largest absolute Gasteiger partial charge is 0.397 e. The van der Waals surface area contributed by atoms with Crippen LogP contribution in [0.1, 0.15) is 12.8 Å². The van der Waals surface area contributed by atoms with Gasteiger partial charge < -0.3 is 21.1 Å². The number of nitrogens with two attached hydrogens (primary N) is 2. The Bertz CT molecular complexity index is 379. The first-order valence-electron chi connectivity index (χ1n) is 6.09. The SMILES string of the molecule is COCC1CCCN(c2ccc(N)c(N)c2)C1. The van der Waals surface area contributed by atoms with Gasteiger partial charge in [0.25, 0.3) is 0 Å². The minimum Gasteiger partial charge on any atom is -0.397 e. The molecule has 1 aliphatic rings. The predicted octanol–water partition coefficient (Wildman–Crippen LogP) is 1.71. The zero-order chi connectivity index (χ0) is 12.3. The van der Waals surface area contributed by atoms with E-state index in [2.05, 4.69) is 4.90 Å². The number of nitrogens with zero attached hydrogens (tertiary/aromatic N) is 1. The van der Waals surface area contributed by atoms with Crippen LogP contribution >= 0.6 is 0 Å². The smallest absolute Gasteiger partial charge is 0.0568 e. The molecule has 1 atom stereocenters. The summed E-state index contributed by atoms with van der Waals surface area (Å²) in [6, 6.07) is 5.88. The first-order chi connectivity index (χ1) is 8.20. The van der Waals surface area contributed by atoms with Crippen LogP contribution in [0.25, 0.3) is 0 Å². The van der Waals surface area contributed by atoms with Gasteiger partial charge in [-0.25, -0.2) is 0 Å². The maximum Gasteiger partial charge on any atom is 0.0568 e. The van der Waals surface area contributed by atoms with Crippen molar-refractivity contribution in [3.8, 4) is 0 Å². The molecule has 1 fully saturated rings. The summed E-state index contributed by atoms with van der Waals surface area (Å²) in [6.07, 6.45) is 2.45. The van der Waals surface area contributed by atoms with Crippen LogP contribution in [-0.2, 0) is 4.74 Å². The van der Waals surface area contributed by atoms with Gasteiger partial charge in [-0.2, -0.15) is 0 Å². The van der Waals surface area contributed by atoms with Crippen molar-refractivity contribution in [2.45, 2.75) is 12.8 Å². The van der Waals surface area contributed by atoms with E-state index in [1.165, 1.54) is 12.8 Å². The molecular formula is C13H21N3O. The summed E-state index contributed by atoms with van der Waals surface area (Å²) in [6.45, 7) is 2.96. The van der Waals surface area contributed by atoms with Crippen molar-refractivity contribution < 1.29 is 4.74 Å². The standard InChI is InChI=1S/C13H21N3O/c1-17-9-10-3-2-6-16(8-10)11-4-5-12(14)13(15)7-11/h4-5,7,10H,2-3,6,8-9,14-15H2,1H3. The number of rotatable bonds is 3. The van der Waals surface area contributed by atoms with Crippen LogP contribution in [0.4, 0.5) is 17.1 Å². The number of methoxy groups -OCH3 is 1. The summed E-state index contributed by atoms with van der Waals surface area (Å²) in [5, 5.41) is 0. The monoisotopic (exact) mass is 235 g/mol. The number of hydrogen-bond donors (Lipinski definition) is 2. The van der Waals surface area contributed by atoms with E-state index in [9.17, 15) is 0 Å². The van der Waals surface area contributed by atoms with Gasteiger partial charge in [-0.05, 0) is 37.0 Å². The van der Waals surface area contributed by atoms with E-state index in [0.29, 0.717) is 17.3 Å². The highest BCUT2D eigenvalue weighted by Gasteiger charge is 2.20. The van der Waals surface area contributed by atoms with Crippen LogP contribution < -0.4 is 16.4 Å². The molecule has 1 aliphatic heterocycles. The third-order valence-electron chi connectivity index (χ3n) is 3.36. The van der Waals surface area contributed by atoms with Crippen molar-refractivity contribution in [3.63, 3.8) is 0 Å². The van der Waals surface area contributed by atoms with Crippen molar-refractivity contribution in [2.75, 3.05) is 43.2 Å². The van der Waals surface area contributed by atoms with Gasteiger partial charge in [0.05, 0.1) is 18.0 Å². The number of ether oxygens (including phenoxy) is 1. The lowest BCUT2D eigenvalue weighted by atomic mass is 9.98. The molecule has 1 aromatic rings. The molecule has 0 bridgehead atoms. The quantitative estimate of drug-likeness (QED) is 0.783. The van der Waals surface area contributed by atoms with E-state index in [1.54, 1.807) is 7.11 Å². The van der Waals surface area contributed by atoms with Crippen molar-refractivity contribution in [1.82, 2.24) is 0 Å². The molecular weight excluding hydrogens is 214 g/mol. The molecule has 0 amide bonds. The Kier molecular flexibility index (Phi) is 3.74. The zero-order valence-corrected chi connectivity index (χ0v) is 10.4. The lowest BCUT2D eigenvalue weighted by Gasteiger charge is -2.34. The maximum absolute atomic E-state index is 5.84. The Morgan fingerprint density at radius 1 is 1.35 bits per heavy atom. The van der Waals surface area contributed by atoms with E-state index in [1.807, 2.05) is 18.2 Å². The van der Waals surface area contributed by atoms with Gasteiger partial charge in [0.1, 0.15) is 0 Å². The molecule has 4 heteroatoms. The number of benzene rings is 1. The number of nitrogen functional groups attached to an aromatic ring is 2. The second-order valence-electron chi connectivity index (χ2n) is 4.72. The van der Waals surface area contributed by atoms with E-state index in [0.717, 1.165) is 25.4 Å². The number of anilines is 3. The molecule has 1 aromatic carbocycles. The van der Waals surface area contributed by atoms with Gasteiger partial charge in [-0.3, -0.25) is 0 Å². The molecule has 1 unspecified atom stereocenters. The Balaban J connectivity index is 2.08. The Hall–Kier alpha value is -1.42. The lowest BCUT2D eigenvalue weighted by molar-refractivity contribution is 0.143. The molecule has 4 N–H and O–H groups in total. The fourth-order valence-electron chi connectivity index (χ4n) is 2.43. The van der Waals surface area contributed by atoms with Crippen molar-refractivity contribution >= 4 is 17.1 Å². The molecule has 0 aromatic heterocycles.